The van der Waals surface area contributed by atoms with Crippen LogP contribution in [0.1, 0.15) is 42.7 Å². The van der Waals surface area contributed by atoms with Crippen LogP contribution in [0.25, 0.3) is 11.3 Å². The molecule has 0 saturated heterocycles. The van der Waals surface area contributed by atoms with Crippen LogP contribution in [0.15, 0.2) is 29.2 Å². The highest BCUT2D eigenvalue weighted by Crippen LogP contribution is 2.42. The smallest absolute Gasteiger partial charge is 0.343 e. The van der Waals surface area contributed by atoms with Crippen molar-refractivity contribution in [2.45, 2.75) is 38.6 Å². The molecule has 0 saturated carbocycles. The standard InChI is InChI=1S/C22H28N2O7S/c1-5-29-19-9-13-8-17(21(23)32(4,27)28)24-12-15(22(26)31-7-3)18(25)11-16(24)14(13)10-20(19)30-6-2/h9-12,17,21H,5-8,23H2,1-4H3. The van der Waals surface area contributed by atoms with Gasteiger partial charge in [-0.3, -0.25) is 4.79 Å². The molecule has 3 rings (SSSR count). The van der Waals surface area contributed by atoms with E-state index < -0.39 is 32.7 Å². The van der Waals surface area contributed by atoms with Gasteiger partial charge in [0.05, 0.1) is 31.6 Å². The Kier molecular flexibility index (Phi) is 6.94. The van der Waals surface area contributed by atoms with Gasteiger partial charge >= 0.3 is 5.97 Å². The Balaban J connectivity index is 2.28. The maximum absolute atomic E-state index is 12.8. The van der Waals surface area contributed by atoms with E-state index in [0.717, 1.165) is 11.8 Å². The van der Waals surface area contributed by atoms with Gasteiger partial charge in [-0.05, 0) is 44.9 Å². The molecule has 0 radical (unpaired) electrons. The SMILES string of the molecule is CCOC(=O)c1cn2c(cc1=O)-c1cc(OCC)c(OCC)cc1CC2C(N)S(C)(=O)=O. The van der Waals surface area contributed by atoms with Gasteiger partial charge in [-0.25, -0.2) is 13.2 Å². The Morgan fingerprint density at radius 1 is 1.12 bits per heavy atom. The Labute approximate surface area is 187 Å². The molecule has 1 aliphatic heterocycles. The molecule has 1 aromatic carbocycles. The Morgan fingerprint density at radius 3 is 2.31 bits per heavy atom. The summed E-state index contributed by atoms with van der Waals surface area (Å²) in [5.74, 6) is 0.262. The van der Waals surface area contributed by atoms with Crippen LogP contribution in [0.5, 0.6) is 11.5 Å². The van der Waals surface area contributed by atoms with Gasteiger partial charge in [0.1, 0.15) is 10.9 Å². The number of carbonyl (C=O) groups is 1. The number of ether oxygens (including phenoxy) is 3. The van der Waals surface area contributed by atoms with Crippen LogP contribution in [-0.2, 0) is 21.0 Å². The quantitative estimate of drug-likeness (QED) is 0.587. The number of carbonyl (C=O) groups excluding carboxylic acids is 1. The molecule has 2 N–H and O–H groups in total. The summed E-state index contributed by atoms with van der Waals surface area (Å²) in [5, 5.41) is -1.26. The number of nitrogens with two attached hydrogens (primary N) is 1. The zero-order valence-corrected chi connectivity index (χ0v) is 19.4. The predicted molar refractivity (Wildman–Crippen MR) is 120 cm³/mol. The number of pyridine rings is 1. The van der Waals surface area contributed by atoms with Gasteiger partial charge in [0.2, 0.25) is 0 Å². The summed E-state index contributed by atoms with van der Waals surface area (Å²) in [6.45, 7) is 6.27. The number of fused-ring (bicyclic) bond motifs is 3. The number of hydrogen-bond donors (Lipinski definition) is 1. The zero-order chi connectivity index (χ0) is 23.6. The predicted octanol–water partition coefficient (Wildman–Crippen LogP) is 1.92. The molecule has 2 atom stereocenters. The van der Waals surface area contributed by atoms with Gasteiger partial charge in [-0.15, -0.1) is 0 Å². The molecule has 9 nitrogen and oxygen atoms in total. The third-order valence-electron chi connectivity index (χ3n) is 5.28. The van der Waals surface area contributed by atoms with Gasteiger partial charge in [0.15, 0.2) is 26.8 Å². The lowest BCUT2D eigenvalue weighted by Crippen LogP contribution is -2.42. The Morgan fingerprint density at radius 2 is 1.75 bits per heavy atom. The van der Waals surface area contributed by atoms with Crippen molar-refractivity contribution in [1.29, 1.82) is 0 Å². The largest absolute Gasteiger partial charge is 0.490 e. The highest BCUT2D eigenvalue weighted by molar-refractivity contribution is 7.91. The molecule has 1 aliphatic rings. The van der Waals surface area contributed by atoms with Crippen molar-refractivity contribution in [3.63, 3.8) is 0 Å². The fourth-order valence-corrected chi connectivity index (χ4v) is 4.63. The number of sulfone groups is 1. The van der Waals surface area contributed by atoms with Crippen LogP contribution in [0.4, 0.5) is 0 Å². The monoisotopic (exact) mass is 464 g/mol. The zero-order valence-electron chi connectivity index (χ0n) is 18.6. The van der Waals surface area contributed by atoms with E-state index in [1.807, 2.05) is 13.8 Å². The first-order chi connectivity index (χ1) is 15.1. The molecule has 2 heterocycles. The number of aromatic nitrogens is 1. The van der Waals surface area contributed by atoms with E-state index in [0.29, 0.717) is 36.0 Å². The van der Waals surface area contributed by atoms with Gasteiger partial charge in [-0.2, -0.15) is 0 Å². The molecule has 32 heavy (non-hydrogen) atoms. The van der Waals surface area contributed by atoms with Crippen molar-refractivity contribution in [2.24, 2.45) is 5.73 Å². The number of rotatable bonds is 8. The van der Waals surface area contributed by atoms with Gasteiger partial charge < -0.3 is 24.5 Å². The first kappa shape index (κ1) is 23.8. The number of benzene rings is 1. The van der Waals surface area contributed by atoms with E-state index >= 15 is 0 Å². The summed E-state index contributed by atoms with van der Waals surface area (Å²) in [7, 11) is -3.63. The average Bonchev–Trinajstić information content (AvgIpc) is 2.72. The molecule has 2 aromatic rings. The molecule has 0 bridgehead atoms. The minimum Gasteiger partial charge on any atom is -0.490 e. The summed E-state index contributed by atoms with van der Waals surface area (Å²) < 4.78 is 42.6. The highest BCUT2D eigenvalue weighted by Gasteiger charge is 2.35. The van der Waals surface area contributed by atoms with Crippen LogP contribution >= 0.6 is 0 Å². The topological polar surface area (TPSA) is 127 Å². The van der Waals surface area contributed by atoms with Crippen molar-refractivity contribution in [3.8, 4) is 22.8 Å². The van der Waals surface area contributed by atoms with Crippen LogP contribution in [0.2, 0.25) is 0 Å². The van der Waals surface area contributed by atoms with Crippen LogP contribution < -0.4 is 20.6 Å². The molecule has 174 valence electrons. The third-order valence-corrected chi connectivity index (χ3v) is 6.58. The third kappa shape index (κ3) is 4.51. The lowest BCUT2D eigenvalue weighted by molar-refractivity contribution is 0.0523. The Bertz CT molecular complexity index is 1190. The first-order valence-electron chi connectivity index (χ1n) is 10.4. The summed E-state index contributed by atoms with van der Waals surface area (Å²) in [4.78, 5) is 25.1. The van der Waals surface area contributed by atoms with Crippen molar-refractivity contribution >= 4 is 15.8 Å². The number of nitrogens with zero attached hydrogens (tertiary/aromatic N) is 1. The fraction of sp³-hybridized carbons (Fsp3) is 0.455. The van der Waals surface area contributed by atoms with Gasteiger partial charge in [-0.1, -0.05) is 0 Å². The summed E-state index contributed by atoms with van der Waals surface area (Å²) >= 11 is 0. The van der Waals surface area contributed by atoms with Gasteiger partial charge in [0.25, 0.3) is 0 Å². The Hall–Kier alpha value is -2.85. The van der Waals surface area contributed by atoms with Crippen molar-refractivity contribution in [3.05, 3.63) is 45.7 Å². The average molecular weight is 465 g/mol. The number of hydrogen-bond acceptors (Lipinski definition) is 8. The number of esters is 1. The van der Waals surface area contributed by atoms with Crippen LogP contribution in [-0.4, -0.2) is 50.4 Å². The van der Waals surface area contributed by atoms with Crippen molar-refractivity contribution in [1.82, 2.24) is 4.57 Å². The lowest BCUT2D eigenvalue weighted by atomic mass is 9.91. The van der Waals surface area contributed by atoms with E-state index in [-0.39, 0.29) is 18.6 Å². The molecule has 0 spiro atoms. The van der Waals surface area contributed by atoms with Crippen molar-refractivity contribution < 1.29 is 27.4 Å². The van der Waals surface area contributed by atoms with E-state index in [9.17, 15) is 18.0 Å². The van der Waals surface area contributed by atoms with E-state index in [1.165, 1.54) is 12.3 Å². The normalized spacial score (nSPS) is 16.0. The minimum absolute atomic E-state index is 0.104. The molecule has 0 fully saturated rings. The summed E-state index contributed by atoms with van der Waals surface area (Å²) in [5.41, 5.74) is 7.32. The summed E-state index contributed by atoms with van der Waals surface area (Å²) in [6, 6.07) is 4.12. The molecule has 1 aromatic heterocycles. The van der Waals surface area contributed by atoms with Crippen molar-refractivity contribution in [2.75, 3.05) is 26.1 Å². The molecule has 2 unspecified atom stereocenters. The van der Waals surface area contributed by atoms with E-state index in [2.05, 4.69) is 0 Å². The van der Waals surface area contributed by atoms with E-state index in [1.54, 1.807) is 23.6 Å². The minimum atomic E-state index is -3.63. The fourth-order valence-electron chi connectivity index (χ4n) is 3.83. The molecule has 0 aliphatic carbocycles. The highest BCUT2D eigenvalue weighted by atomic mass is 32.2. The molecular weight excluding hydrogens is 436 g/mol. The molecule has 10 heteroatoms. The second kappa shape index (κ2) is 9.33. The maximum atomic E-state index is 12.8. The van der Waals surface area contributed by atoms with Crippen LogP contribution in [0.3, 0.4) is 0 Å². The second-order valence-electron chi connectivity index (χ2n) is 7.45. The molecular formula is C22H28N2O7S. The van der Waals surface area contributed by atoms with E-state index in [4.69, 9.17) is 19.9 Å². The van der Waals surface area contributed by atoms with Crippen LogP contribution in [0, 0.1) is 0 Å². The maximum Gasteiger partial charge on any atom is 0.343 e. The second-order valence-corrected chi connectivity index (χ2v) is 9.66. The summed E-state index contributed by atoms with van der Waals surface area (Å²) in [6.07, 6.45) is 2.66. The first-order valence-corrected chi connectivity index (χ1v) is 12.4. The molecule has 0 amide bonds. The van der Waals surface area contributed by atoms with Gasteiger partial charge in [0, 0.05) is 24.1 Å². The lowest BCUT2D eigenvalue weighted by Gasteiger charge is -2.34.